The van der Waals surface area contributed by atoms with Gasteiger partial charge in [0.05, 0.1) is 0 Å². The third-order valence-corrected chi connectivity index (χ3v) is 5.24. The van der Waals surface area contributed by atoms with Gasteiger partial charge in [-0.15, -0.1) is 0 Å². The van der Waals surface area contributed by atoms with E-state index in [1.165, 1.54) is 52.0 Å². The number of nitrogens with two attached hydrogens (primary N) is 1. The molecule has 3 saturated heterocycles. The highest BCUT2D eigenvalue weighted by molar-refractivity contribution is 5.05. The number of rotatable bonds is 7. The normalized spacial score (nSPS) is 34.4. The molecule has 0 saturated carbocycles. The minimum absolute atomic E-state index is 0.261. The lowest BCUT2D eigenvalue weighted by atomic mass is 9.71. The van der Waals surface area contributed by atoms with Gasteiger partial charge in [-0.25, -0.2) is 0 Å². The van der Waals surface area contributed by atoms with Gasteiger partial charge in [0.25, 0.3) is 0 Å². The van der Waals surface area contributed by atoms with E-state index in [-0.39, 0.29) is 5.54 Å². The van der Waals surface area contributed by atoms with Crippen molar-refractivity contribution >= 4 is 0 Å². The van der Waals surface area contributed by atoms with Crippen LogP contribution in [0.4, 0.5) is 0 Å². The Morgan fingerprint density at radius 1 is 1.21 bits per heavy atom. The zero-order valence-electron chi connectivity index (χ0n) is 13.1. The van der Waals surface area contributed by atoms with Crippen molar-refractivity contribution in [3.63, 3.8) is 0 Å². The average molecular weight is 268 g/mol. The molecule has 112 valence electrons. The highest BCUT2D eigenvalue weighted by Gasteiger charge is 2.48. The van der Waals surface area contributed by atoms with E-state index < -0.39 is 0 Å². The van der Waals surface area contributed by atoms with E-state index >= 15 is 0 Å². The Balaban J connectivity index is 2.01. The molecule has 4 nitrogen and oxygen atoms in total. The molecule has 3 heterocycles. The number of piperidine rings is 3. The van der Waals surface area contributed by atoms with Crippen molar-refractivity contribution < 1.29 is 0 Å². The molecule has 0 spiro atoms. The van der Waals surface area contributed by atoms with Crippen LogP contribution in [-0.2, 0) is 0 Å². The lowest BCUT2D eigenvalue weighted by Crippen LogP contribution is -2.70. The fourth-order valence-electron chi connectivity index (χ4n) is 4.14. The van der Waals surface area contributed by atoms with Crippen molar-refractivity contribution in [3.8, 4) is 0 Å². The van der Waals surface area contributed by atoms with Gasteiger partial charge in [-0.3, -0.25) is 4.90 Å². The molecule has 1 unspecified atom stereocenters. The van der Waals surface area contributed by atoms with Crippen LogP contribution in [0.3, 0.4) is 0 Å². The van der Waals surface area contributed by atoms with Crippen LogP contribution in [0.5, 0.6) is 0 Å². The molecule has 0 aromatic rings. The number of hydrogen-bond donors (Lipinski definition) is 1. The molecule has 0 aromatic carbocycles. The highest BCUT2D eigenvalue weighted by Crippen LogP contribution is 2.39. The molecule has 2 bridgehead atoms. The molecule has 3 aliphatic heterocycles. The van der Waals surface area contributed by atoms with Crippen molar-refractivity contribution in [2.24, 2.45) is 11.7 Å². The molecular weight excluding hydrogens is 236 g/mol. The second-order valence-corrected chi connectivity index (χ2v) is 6.59. The van der Waals surface area contributed by atoms with E-state index in [1.807, 2.05) is 0 Å². The number of likely N-dealkylation sites (N-methyl/N-ethyl adjacent to an activating group) is 1. The van der Waals surface area contributed by atoms with Crippen molar-refractivity contribution in [3.05, 3.63) is 0 Å². The molecule has 4 heteroatoms. The monoisotopic (exact) mass is 268 g/mol. The summed E-state index contributed by atoms with van der Waals surface area (Å²) in [6, 6.07) is 0. The van der Waals surface area contributed by atoms with Crippen LogP contribution in [0, 0.1) is 5.92 Å². The van der Waals surface area contributed by atoms with E-state index in [4.69, 9.17) is 5.73 Å². The van der Waals surface area contributed by atoms with Crippen LogP contribution in [0.25, 0.3) is 0 Å². The van der Waals surface area contributed by atoms with Gasteiger partial charge in [-0.2, -0.15) is 0 Å². The van der Waals surface area contributed by atoms with Gasteiger partial charge in [0.2, 0.25) is 0 Å². The van der Waals surface area contributed by atoms with Gasteiger partial charge < -0.3 is 15.5 Å². The van der Waals surface area contributed by atoms with Gasteiger partial charge in [-0.05, 0) is 65.5 Å². The summed E-state index contributed by atoms with van der Waals surface area (Å²) in [7, 11) is 4.31. The lowest BCUT2D eigenvalue weighted by molar-refractivity contribution is -0.0660. The van der Waals surface area contributed by atoms with Gasteiger partial charge in [0.1, 0.15) is 0 Å². The summed E-state index contributed by atoms with van der Waals surface area (Å²) in [4.78, 5) is 7.59. The number of nitrogens with zero attached hydrogens (tertiary/aromatic N) is 3. The molecule has 3 fully saturated rings. The molecule has 0 aromatic heterocycles. The van der Waals surface area contributed by atoms with Crippen molar-refractivity contribution in [2.75, 3.05) is 59.9 Å². The van der Waals surface area contributed by atoms with Gasteiger partial charge in [0.15, 0.2) is 0 Å². The standard InChI is InChI=1S/C15H32N4/c1-4-19(9-5-8-17(2)3)15(12-16)13-18-10-6-14(15)7-11-18/h14H,4-13,16H2,1-3H3. The van der Waals surface area contributed by atoms with Gasteiger partial charge in [0, 0.05) is 25.2 Å². The summed E-state index contributed by atoms with van der Waals surface area (Å²) in [5.74, 6) is 0.821. The second-order valence-electron chi connectivity index (χ2n) is 6.59. The Bertz CT molecular complexity index is 273. The largest absolute Gasteiger partial charge is 0.329 e. The van der Waals surface area contributed by atoms with Crippen molar-refractivity contribution in [2.45, 2.75) is 31.7 Å². The van der Waals surface area contributed by atoms with Crippen LogP contribution in [-0.4, -0.2) is 80.1 Å². The smallest absolute Gasteiger partial charge is 0.0487 e. The van der Waals surface area contributed by atoms with Crippen LogP contribution in [0.2, 0.25) is 0 Å². The average Bonchev–Trinajstić information content (AvgIpc) is 2.44. The maximum absolute atomic E-state index is 6.25. The Morgan fingerprint density at radius 3 is 2.32 bits per heavy atom. The van der Waals surface area contributed by atoms with E-state index in [0.717, 1.165) is 19.0 Å². The summed E-state index contributed by atoms with van der Waals surface area (Å²) >= 11 is 0. The highest BCUT2D eigenvalue weighted by atomic mass is 15.3. The predicted octanol–water partition coefficient (Wildman–Crippen LogP) is 0.683. The maximum atomic E-state index is 6.25. The predicted molar refractivity (Wildman–Crippen MR) is 81.4 cm³/mol. The zero-order chi connectivity index (χ0) is 13.9. The Labute approximate surface area is 118 Å². The van der Waals surface area contributed by atoms with E-state index in [0.29, 0.717) is 0 Å². The first-order valence-electron chi connectivity index (χ1n) is 7.94. The van der Waals surface area contributed by atoms with Gasteiger partial charge >= 0.3 is 0 Å². The first kappa shape index (κ1) is 15.2. The quantitative estimate of drug-likeness (QED) is 0.737. The summed E-state index contributed by atoms with van der Waals surface area (Å²) in [6.07, 6.45) is 3.94. The minimum atomic E-state index is 0.261. The number of fused-ring (bicyclic) bond motifs is 3. The molecule has 3 aliphatic rings. The SMILES string of the molecule is CCN(CCCN(C)C)C1(CN)CN2CCC1CC2. The van der Waals surface area contributed by atoms with E-state index in [9.17, 15) is 0 Å². The summed E-state index contributed by atoms with van der Waals surface area (Å²) in [6.45, 7) is 10.4. The van der Waals surface area contributed by atoms with Crippen LogP contribution < -0.4 is 5.73 Å². The summed E-state index contributed by atoms with van der Waals surface area (Å²) < 4.78 is 0. The topological polar surface area (TPSA) is 35.7 Å². The first-order valence-corrected chi connectivity index (χ1v) is 7.94. The minimum Gasteiger partial charge on any atom is -0.329 e. The molecule has 1 atom stereocenters. The molecule has 19 heavy (non-hydrogen) atoms. The molecule has 0 radical (unpaired) electrons. The summed E-state index contributed by atoms with van der Waals surface area (Å²) in [5, 5.41) is 0. The fraction of sp³-hybridized carbons (Fsp3) is 1.00. The van der Waals surface area contributed by atoms with Gasteiger partial charge in [-0.1, -0.05) is 6.92 Å². The number of hydrogen-bond acceptors (Lipinski definition) is 4. The molecule has 2 N–H and O–H groups in total. The van der Waals surface area contributed by atoms with Crippen LogP contribution in [0.15, 0.2) is 0 Å². The maximum Gasteiger partial charge on any atom is 0.0487 e. The van der Waals surface area contributed by atoms with Crippen molar-refractivity contribution in [1.82, 2.24) is 14.7 Å². The Hall–Kier alpha value is -0.160. The molecule has 3 rings (SSSR count). The molecule has 0 aliphatic carbocycles. The Morgan fingerprint density at radius 2 is 1.89 bits per heavy atom. The fourth-order valence-corrected chi connectivity index (χ4v) is 4.14. The summed E-state index contributed by atoms with van der Waals surface area (Å²) in [5.41, 5.74) is 6.52. The van der Waals surface area contributed by atoms with Crippen LogP contribution >= 0.6 is 0 Å². The molecular formula is C15H32N4. The third kappa shape index (κ3) is 3.13. The second kappa shape index (κ2) is 6.53. The Kier molecular flexibility index (Phi) is 5.23. The lowest BCUT2D eigenvalue weighted by Gasteiger charge is -2.57. The third-order valence-electron chi connectivity index (χ3n) is 5.24. The zero-order valence-corrected chi connectivity index (χ0v) is 13.1. The van der Waals surface area contributed by atoms with E-state index in [2.05, 4.69) is 35.7 Å². The first-order chi connectivity index (χ1) is 9.12. The van der Waals surface area contributed by atoms with Crippen molar-refractivity contribution in [1.29, 1.82) is 0 Å². The van der Waals surface area contributed by atoms with Crippen LogP contribution in [0.1, 0.15) is 26.2 Å². The van der Waals surface area contributed by atoms with E-state index in [1.54, 1.807) is 0 Å². The molecule has 0 amide bonds.